The molecule has 1 aromatic heterocycles. The molecule has 2 nitrogen and oxygen atoms in total. The summed E-state index contributed by atoms with van der Waals surface area (Å²) in [5.41, 5.74) is 2.52. The van der Waals surface area contributed by atoms with E-state index in [4.69, 9.17) is 0 Å². The maximum Gasteiger partial charge on any atom is 0.264 e. The zero-order valence-electron chi connectivity index (χ0n) is 9.42. The number of hydrogen-bond acceptors (Lipinski definition) is 2. The molecule has 0 fully saturated rings. The van der Waals surface area contributed by atoms with E-state index in [0.717, 1.165) is 33.7 Å². The summed E-state index contributed by atoms with van der Waals surface area (Å²) in [6.45, 7) is 5.72. The molecule has 0 bridgehead atoms. The van der Waals surface area contributed by atoms with Gasteiger partial charge in [-0.05, 0) is 47.8 Å². The predicted molar refractivity (Wildman–Crippen MR) is 71.0 cm³/mol. The van der Waals surface area contributed by atoms with Crippen molar-refractivity contribution in [3.05, 3.63) is 31.9 Å². The number of carbonyl (C=O) groups excluding carboxylic acids is 1. The Morgan fingerprint density at radius 3 is 2.75 bits per heavy atom. The minimum atomic E-state index is 0.155. The van der Waals surface area contributed by atoms with Gasteiger partial charge in [-0.1, -0.05) is 11.6 Å². The first-order chi connectivity index (χ1) is 7.58. The summed E-state index contributed by atoms with van der Waals surface area (Å²) < 4.78 is 1.06. The largest absolute Gasteiger partial charge is 0.334 e. The average Bonchev–Trinajstić information content (AvgIpc) is 2.59. The number of nitrogens with zero attached hydrogens (tertiary/aromatic N) is 1. The van der Waals surface area contributed by atoms with Crippen LogP contribution < -0.4 is 0 Å². The standard InChI is InChI=1S/C12H14BrNOS/c1-8-3-5-14(6-4-8)12(15)10-7-9(2)11(13)16-10/h3,7H,4-6H2,1-2H3. The Balaban J connectivity index is 2.14. The van der Waals surface area contributed by atoms with Crippen LogP contribution in [0.2, 0.25) is 0 Å². The van der Waals surface area contributed by atoms with Crippen LogP contribution in [0.25, 0.3) is 0 Å². The molecule has 1 aromatic rings. The highest BCUT2D eigenvalue weighted by atomic mass is 79.9. The van der Waals surface area contributed by atoms with Crippen molar-refractivity contribution in [2.45, 2.75) is 20.3 Å². The van der Waals surface area contributed by atoms with Crippen molar-refractivity contribution in [3.63, 3.8) is 0 Å². The van der Waals surface area contributed by atoms with Gasteiger partial charge in [-0.15, -0.1) is 11.3 Å². The Hall–Kier alpha value is -0.610. The van der Waals surface area contributed by atoms with Crippen LogP contribution in [0.5, 0.6) is 0 Å². The molecule has 0 saturated heterocycles. The molecule has 0 spiro atoms. The number of amides is 1. The number of aryl methyl sites for hydroxylation is 1. The van der Waals surface area contributed by atoms with Gasteiger partial charge in [0.2, 0.25) is 0 Å². The van der Waals surface area contributed by atoms with Crippen molar-refractivity contribution >= 4 is 33.2 Å². The predicted octanol–water partition coefficient (Wildman–Crippen LogP) is 3.61. The van der Waals surface area contributed by atoms with Crippen LogP contribution in [0.1, 0.15) is 28.6 Å². The van der Waals surface area contributed by atoms with E-state index in [9.17, 15) is 4.79 Å². The number of rotatable bonds is 1. The number of hydrogen-bond donors (Lipinski definition) is 0. The molecule has 4 heteroatoms. The van der Waals surface area contributed by atoms with Gasteiger partial charge in [0.1, 0.15) is 0 Å². The summed E-state index contributed by atoms with van der Waals surface area (Å²) in [5.74, 6) is 0.155. The first kappa shape index (κ1) is 11.9. The zero-order valence-corrected chi connectivity index (χ0v) is 11.8. The molecule has 2 rings (SSSR count). The van der Waals surface area contributed by atoms with E-state index in [1.165, 1.54) is 16.9 Å². The van der Waals surface area contributed by atoms with E-state index < -0.39 is 0 Å². The lowest BCUT2D eigenvalue weighted by Gasteiger charge is -2.24. The number of carbonyl (C=O) groups is 1. The van der Waals surface area contributed by atoms with Crippen LogP contribution in [0.4, 0.5) is 0 Å². The van der Waals surface area contributed by atoms with Crippen LogP contribution in [-0.2, 0) is 0 Å². The van der Waals surface area contributed by atoms with E-state index in [2.05, 4.69) is 28.9 Å². The Morgan fingerprint density at radius 1 is 1.50 bits per heavy atom. The second-order valence-electron chi connectivity index (χ2n) is 4.12. The summed E-state index contributed by atoms with van der Waals surface area (Å²) in [4.78, 5) is 14.9. The van der Waals surface area contributed by atoms with Gasteiger partial charge >= 0.3 is 0 Å². The van der Waals surface area contributed by atoms with Crippen LogP contribution >= 0.6 is 27.3 Å². The third-order valence-electron chi connectivity index (χ3n) is 2.79. The molecular weight excluding hydrogens is 286 g/mol. The van der Waals surface area contributed by atoms with Gasteiger partial charge in [-0.2, -0.15) is 0 Å². The minimum Gasteiger partial charge on any atom is -0.334 e. The molecule has 2 heterocycles. The summed E-state index contributed by atoms with van der Waals surface area (Å²) in [6.07, 6.45) is 3.13. The van der Waals surface area contributed by atoms with E-state index in [0.29, 0.717) is 0 Å². The highest BCUT2D eigenvalue weighted by Gasteiger charge is 2.19. The quantitative estimate of drug-likeness (QED) is 0.726. The second kappa shape index (κ2) is 4.72. The van der Waals surface area contributed by atoms with E-state index in [-0.39, 0.29) is 5.91 Å². The first-order valence-electron chi connectivity index (χ1n) is 5.29. The highest BCUT2D eigenvalue weighted by Crippen LogP contribution is 2.28. The van der Waals surface area contributed by atoms with E-state index >= 15 is 0 Å². The summed E-state index contributed by atoms with van der Waals surface area (Å²) in [5, 5.41) is 0. The van der Waals surface area contributed by atoms with Gasteiger partial charge < -0.3 is 4.90 Å². The Morgan fingerprint density at radius 2 is 2.25 bits per heavy atom. The molecule has 0 aromatic carbocycles. The molecule has 16 heavy (non-hydrogen) atoms. The van der Waals surface area contributed by atoms with Crippen molar-refractivity contribution < 1.29 is 4.79 Å². The summed E-state index contributed by atoms with van der Waals surface area (Å²) in [6, 6.07) is 1.96. The van der Waals surface area contributed by atoms with Crippen LogP contribution in [-0.4, -0.2) is 23.9 Å². The lowest BCUT2D eigenvalue weighted by atomic mass is 10.1. The average molecular weight is 300 g/mol. The van der Waals surface area contributed by atoms with E-state index in [1.54, 1.807) is 0 Å². The van der Waals surface area contributed by atoms with E-state index in [1.807, 2.05) is 17.9 Å². The molecule has 0 atom stereocenters. The molecule has 0 N–H and O–H groups in total. The third kappa shape index (κ3) is 2.38. The Labute approximate surface area is 108 Å². The van der Waals surface area contributed by atoms with Crippen molar-refractivity contribution in [3.8, 4) is 0 Å². The van der Waals surface area contributed by atoms with Gasteiger partial charge in [0.05, 0.1) is 8.66 Å². The highest BCUT2D eigenvalue weighted by molar-refractivity contribution is 9.11. The second-order valence-corrected chi connectivity index (χ2v) is 6.49. The molecular formula is C12H14BrNOS. The molecule has 1 amide bonds. The van der Waals surface area contributed by atoms with Crippen LogP contribution in [0, 0.1) is 6.92 Å². The summed E-state index contributed by atoms with van der Waals surface area (Å²) in [7, 11) is 0. The van der Waals surface area contributed by atoms with Crippen molar-refractivity contribution in [2.24, 2.45) is 0 Å². The van der Waals surface area contributed by atoms with Crippen molar-refractivity contribution in [1.82, 2.24) is 4.90 Å². The topological polar surface area (TPSA) is 20.3 Å². The minimum absolute atomic E-state index is 0.155. The van der Waals surface area contributed by atoms with Crippen molar-refractivity contribution in [2.75, 3.05) is 13.1 Å². The zero-order chi connectivity index (χ0) is 11.7. The molecule has 0 radical (unpaired) electrons. The van der Waals surface area contributed by atoms with Crippen LogP contribution in [0.3, 0.4) is 0 Å². The van der Waals surface area contributed by atoms with Crippen molar-refractivity contribution in [1.29, 1.82) is 0 Å². The fourth-order valence-electron chi connectivity index (χ4n) is 1.68. The molecule has 0 aliphatic carbocycles. The van der Waals surface area contributed by atoms with Gasteiger partial charge in [0, 0.05) is 13.1 Å². The number of halogens is 1. The SMILES string of the molecule is CC1=CCN(C(=O)c2cc(C)c(Br)s2)CC1. The number of thiophene rings is 1. The molecule has 86 valence electrons. The molecule has 0 unspecified atom stereocenters. The Bertz CT molecular complexity index is 430. The molecule has 1 aliphatic rings. The maximum atomic E-state index is 12.2. The first-order valence-corrected chi connectivity index (χ1v) is 6.89. The smallest absolute Gasteiger partial charge is 0.264 e. The fourth-order valence-corrected chi connectivity index (χ4v) is 3.18. The molecule has 0 saturated carbocycles. The fraction of sp³-hybridized carbons (Fsp3) is 0.417. The van der Waals surface area contributed by atoms with Gasteiger partial charge in [0.25, 0.3) is 5.91 Å². The van der Waals surface area contributed by atoms with Crippen LogP contribution in [0.15, 0.2) is 21.5 Å². The summed E-state index contributed by atoms with van der Waals surface area (Å²) >= 11 is 4.98. The lowest BCUT2D eigenvalue weighted by molar-refractivity contribution is 0.0774. The monoisotopic (exact) mass is 299 g/mol. The molecule has 1 aliphatic heterocycles. The normalized spacial score (nSPS) is 16.2. The Kier molecular flexibility index (Phi) is 3.50. The maximum absolute atomic E-state index is 12.2. The van der Waals surface area contributed by atoms with Gasteiger partial charge in [-0.25, -0.2) is 0 Å². The third-order valence-corrected chi connectivity index (χ3v) is 4.92. The van der Waals surface area contributed by atoms with Gasteiger partial charge in [-0.3, -0.25) is 4.79 Å². The lowest BCUT2D eigenvalue weighted by Crippen LogP contribution is -2.34. The van der Waals surface area contributed by atoms with Gasteiger partial charge in [0.15, 0.2) is 0 Å².